The third kappa shape index (κ3) is 2.63. The third-order valence-corrected chi connectivity index (χ3v) is 3.36. The van der Waals surface area contributed by atoms with E-state index in [1.807, 2.05) is 0 Å². The van der Waals surface area contributed by atoms with Crippen molar-refractivity contribution in [3.8, 4) is 0 Å². The highest BCUT2D eigenvalue weighted by Gasteiger charge is 2.34. The van der Waals surface area contributed by atoms with Gasteiger partial charge in [-0.05, 0) is 6.92 Å². The number of hydrogen-bond donors (Lipinski definition) is 1. The monoisotopic (exact) mass is 281 g/mol. The summed E-state index contributed by atoms with van der Waals surface area (Å²) in [5, 5.41) is 19.4. The normalized spacial score (nSPS) is 14.9. The molecule has 1 fully saturated rings. The molecule has 1 saturated heterocycles. The first-order chi connectivity index (χ1) is 9.42. The summed E-state index contributed by atoms with van der Waals surface area (Å²) < 4.78 is 1.53. The van der Waals surface area contributed by atoms with Gasteiger partial charge in [0.1, 0.15) is 5.69 Å². The molecule has 1 amide bonds. The van der Waals surface area contributed by atoms with Crippen molar-refractivity contribution in [3.63, 3.8) is 0 Å². The molecule has 0 spiro atoms. The van der Waals surface area contributed by atoms with Crippen LogP contribution in [0.2, 0.25) is 0 Å². The number of nitro groups is 1. The lowest BCUT2D eigenvalue weighted by Gasteiger charge is -2.38. The molecule has 0 aromatic carbocycles. The van der Waals surface area contributed by atoms with E-state index in [1.165, 1.54) is 21.7 Å². The number of aryl methyl sites for hydroxylation is 1. The molecule has 1 aliphatic rings. The third-order valence-electron chi connectivity index (χ3n) is 3.36. The summed E-state index contributed by atoms with van der Waals surface area (Å²) in [6.07, 6.45) is 1.38. The molecule has 8 nitrogen and oxygen atoms in total. The van der Waals surface area contributed by atoms with Crippen LogP contribution in [0, 0.1) is 16.0 Å². The second kappa shape index (κ2) is 5.32. The van der Waals surface area contributed by atoms with Crippen LogP contribution in [0.3, 0.4) is 0 Å². The van der Waals surface area contributed by atoms with Crippen molar-refractivity contribution in [2.75, 3.05) is 13.1 Å². The molecule has 0 radical (unpaired) electrons. The standard InChI is InChI=1S/C12H15N3O5/c1-2-13-7-9(15(19)20)4-10(13)12(18)14-5-8(6-14)3-11(16)17/h4,7-8H,2-3,5-6H2,1H3,(H,16,17). The summed E-state index contributed by atoms with van der Waals surface area (Å²) >= 11 is 0. The minimum absolute atomic E-state index is 0.0310. The molecule has 20 heavy (non-hydrogen) atoms. The maximum atomic E-state index is 12.2. The second-order valence-corrected chi connectivity index (χ2v) is 4.80. The largest absolute Gasteiger partial charge is 0.481 e. The number of carboxylic acids is 1. The van der Waals surface area contributed by atoms with Crippen LogP contribution in [-0.4, -0.2) is 44.5 Å². The van der Waals surface area contributed by atoms with Crippen LogP contribution in [0.15, 0.2) is 12.3 Å². The summed E-state index contributed by atoms with van der Waals surface area (Å²) in [6.45, 7) is 3.02. The van der Waals surface area contributed by atoms with Crippen LogP contribution >= 0.6 is 0 Å². The Morgan fingerprint density at radius 1 is 1.50 bits per heavy atom. The Morgan fingerprint density at radius 2 is 2.15 bits per heavy atom. The van der Waals surface area contributed by atoms with Gasteiger partial charge in [0, 0.05) is 31.6 Å². The Hall–Kier alpha value is -2.38. The minimum Gasteiger partial charge on any atom is -0.481 e. The van der Waals surface area contributed by atoms with Crippen molar-refractivity contribution in [3.05, 3.63) is 28.1 Å². The van der Waals surface area contributed by atoms with Gasteiger partial charge < -0.3 is 14.6 Å². The summed E-state index contributed by atoms with van der Waals surface area (Å²) in [4.78, 5) is 34.5. The zero-order valence-corrected chi connectivity index (χ0v) is 11.0. The van der Waals surface area contributed by atoms with E-state index in [0.29, 0.717) is 19.6 Å². The number of nitrogens with zero attached hydrogens (tertiary/aromatic N) is 3. The Bertz CT molecular complexity index is 559. The molecule has 0 bridgehead atoms. The molecule has 8 heteroatoms. The van der Waals surface area contributed by atoms with Crippen LogP contribution < -0.4 is 0 Å². The maximum Gasteiger partial charge on any atom is 0.303 e. The number of rotatable bonds is 5. The summed E-state index contributed by atoms with van der Waals surface area (Å²) in [7, 11) is 0. The van der Waals surface area contributed by atoms with Gasteiger partial charge >= 0.3 is 5.97 Å². The van der Waals surface area contributed by atoms with Crippen LogP contribution in [0.1, 0.15) is 23.8 Å². The summed E-state index contributed by atoms with van der Waals surface area (Å²) in [5.74, 6) is -1.20. The van der Waals surface area contributed by atoms with Gasteiger partial charge in [0.2, 0.25) is 0 Å². The lowest BCUT2D eigenvalue weighted by molar-refractivity contribution is -0.384. The maximum absolute atomic E-state index is 12.2. The first kappa shape index (κ1) is 14.0. The Balaban J connectivity index is 2.07. The van der Waals surface area contributed by atoms with E-state index in [9.17, 15) is 19.7 Å². The fourth-order valence-electron chi connectivity index (χ4n) is 2.31. The highest BCUT2D eigenvalue weighted by molar-refractivity contribution is 5.94. The van der Waals surface area contributed by atoms with E-state index in [4.69, 9.17) is 5.11 Å². The summed E-state index contributed by atoms with van der Waals surface area (Å²) in [6, 6.07) is 1.26. The van der Waals surface area contributed by atoms with Crippen LogP contribution in [-0.2, 0) is 11.3 Å². The van der Waals surface area contributed by atoms with Crippen molar-refractivity contribution < 1.29 is 19.6 Å². The number of hydrogen-bond acceptors (Lipinski definition) is 4. The molecule has 0 aliphatic carbocycles. The van der Waals surface area contributed by atoms with E-state index < -0.39 is 10.9 Å². The van der Waals surface area contributed by atoms with Gasteiger partial charge in [0.25, 0.3) is 11.6 Å². The van der Waals surface area contributed by atoms with Gasteiger partial charge in [-0.25, -0.2) is 0 Å². The van der Waals surface area contributed by atoms with Gasteiger partial charge in [-0.2, -0.15) is 0 Å². The zero-order valence-electron chi connectivity index (χ0n) is 11.0. The van der Waals surface area contributed by atoms with Crippen molar-refractivity contribution >= 4 is 17.6 Å². The molecular formula is C12H15N3O5. The van der Waals surface area contributed by atoms with Crippen molar-refractivity contribution in [1.82, 2.24) is 9.47 Å². The molecule has 0 saturated carbocycles. The lowest BCUT2D eigenvalue weighted by Crippen LogP contribution is -2.51. The zero-order chi connectivity index (χ0) is 14.9. The highest BCUT2D eigenvalue weighted by Crippen LogP contribution is 2.24. The fourth-order valence-corrected chi connectivity index (χ4v) is 2.31. The molecule has 1 aromatic rings. The predicted octanol–water partition coefficient (Wildman–Crippen LogP) is 0.963. The second-order valence-electron chi connectivity index (χ2n) is 4.80. The van der Waals surface area contributed by atoms with Crippen molar-refractivity contribution in [2.45, 2.75) is 19.9 Å². The molecule has 2 heterocycles. The van der Waals surface area contributed by atoms with E-state index in [1.54, 1.807) is 6.92 Å². The number of carboxylic acid groups (broad SMARTS) is 1. The average Bonchev–Trinajstić information content (AvgIpc) is 2.76. The van der Waals surface area contributed by atoms with Gasteiger partial charge in [-0.1, -0.05) is 0 Å². The van der Waals surface area contributed by atoms with Gasteiger partial charge in [-0.15, -0.1) is 0 Å². The Kier molecular flexibility index (Phi) is 3.73. The highest BCUT2D eigenvalue weighted by atomic mass is 16.6. The number of likely N-dealkylation sites (tertiary alicyclic amines) is 1. The van der Waals surface area contributed by atoms with Gasteiger partial charge in [0.05, 0.1) is 17.5 Å². The molecular weight excluding hydrogens is 266 g/mol. The van der Waals surface area contributed by atoms with E-state index in [-0.39, 0.29) is 29.6 Å². The van der Waals surface area contributed by atoms with Crippen LogP contribution in [0.25, 0.3) is 0 Å². The quantitative estimate of drug-likeness (QED) is 0.639. The fraction of sp³-hybridized carbons (Fsp3) is 0.500. The SMILES string of the molecule is CCn1cc([N+](=O)[O-])cc1C(=O)N1CC(CC(=O)O)C1. The first-order valence-corrected chi connectivity index (χ1v) is 6.28. The number of carbonyl (C=O) groups excluding carboxylic acids is 1. The topological polar surface area (TPSA) is 106 Å². The smallest absolute Gasteiger partial charge is 0.303 e. The number of aliphatic carboxylic acids is 1. The summed E-state index contributed by atoms with van der Waals surface area (Å²) in [5.41, 5.74) is 0.158. The minimum atomic E-state index is -0.880. The van der Waals surface area contributed by atoms with E-state index in [2.05, 4.69) is 0 Å². The molecule has 1 aromatic heterocycles. The van der Waals surface area contributed by atoms with Gasteiger partial charge in [-0.3, -0.25) is 19.7 Å². The number of amides is 1. The molecule has 1 aliphatic heterocycles. The first-order valence-electron chi connectivity index (χ1n) is 6.28. The Morgan fingerprint density at radius 3 is 2.65 bits per heavy atom. The lowest BCUT2D eigenvalue weighted by atomic mass is 9.96. The molecule has 2 rings (SSSR count). The van der Waals surface area contributed by atoms with Crippen molar-refractivity contribution in [2.24, 2.45) is 5.92 Å². The molecule has 1 N–H and O–H groups in total. The van der Waals surface area contributed by atoms with E-state index in [0.717, 1.165) is 0 Å². The number of aromatic nitrogens is 1. The number of carbonyl (C=O) groups is 2. The predicted molar refractivity (Wildman–Crippen MR) is 68.4 cm³/mol. The average molecular weight is 281 g/mol. The molecule has 0 atom stereocenters. The van der Waals surface area contributed by atoms with E-state index >= 15 is 0 Å². The van der Waals surface area contributed by atoms with Crippen molar-refractivity contribution in [1.29, 1.82) is 0 Å². The Labute approximate surface area is 114 Å². The van der Waals surface area contributed by atoms with Crippen LogP contribution in [0.4, 0.5) is 5.69 Å². The van der Waals surface area contributed by atoms with Gasteiger partial charge in [0.15, 0.2) is 0 Å². The molecule has 0 unspecified atom stereocenters. The molecule has 108 valence electrons. The van der Waals surface area contributed by atoms with Crippen LogP contribution in [0.5, 0.6) is 0 Å².